The van der Waals surface area contributed by atoms with Crippen molar-refractivity contribution in [1.29, 1.82) is 0 Å². The maximum absolute atomic E-state index is 5.94. The third-order valence-electron chi connectivity index (χ3n) is 3.00. The number of nitrogens with two attached hydrogens (primary N) is 1. The van der Waals surface area contributed by atoms with Gasteiger partial charge in [-0.05, 0) is 25.2 Å². The monoisotopic (exact) mass is 152 g/mol. The minimum absolute atomic E-state index is 0.393. The molecular formula is C9H16N2. The molecule has 2 rings (SSSR count). The summed E-state index contributed by atoms with van der Waals surface area (Å²) in [5, 5.41) is 3.53. The predicted molar refractivity (Wildman–Crippen MR) is 46.2 cm³/mol. The van der Waals surface area contributed by atoms with E-state index in [-0.39, 0.29) is 0 Å². The van der Waals surface area contributed by atoms with E-state index in [4.69, 9.17) is 5.73 Å². The van der Waals surface area contributed by atoms with Crippen LogP contribution in [0.25, 0.3) is 0 Å². The molecule has 0 saturated carbocycles. The van der Waals surface area contributed by atoms with Crippen LogP contribution in [0.2, 0.25) is 0 Å². The van der Waals surface area contributed by atoms with E-state index in [0.29, 0.717) is 24.0 Å². The standard InChI is InChI=1S/C9H16N2/c1-2-6-3-7-5-8(10)9(4-6)11-7/h2,6-9,11H,1,3-5,10H2/t6?,7?,8-,9?/m1/s1. The molecule has 2 fully saturated rings. The lowest BCUT2D eigenvalue weighted by molar-refractivity contribution is 0.338. The molecule has 0 radical (unpaired) electrons. The van der Waals surface area contributed by atoms with Crippen molar-refractivity contribution in [2.75, 3.05) is 0 Å². The first-order valence-corrected chi connectivity index (χ1v) is 4.44. The van der Waals surface area contributed by atoms with Crippen LogP contribution in [-0.4, -0.2) is 18.1 Å². The summed E-state index contributed by atoms with van der Waals surface area (Å²) >= 11 is 0. The van der Waals surface area contributed by atoms with Crippen molar-refractivity contribution in [3.63, 3.8) is 0 Å². The van der Waals surface area contributed by atoms with Crippen molar-refractivity contribution in [2.45, 2.75) is 37.4 Å². The van der Waals surface area contributed by atoms with Gasteiger partial charge in [0.1, 0.15) is 0 Å². The molecule has 2 bridgehead atoms. The highest BCUT2D eigenvalue weighted by atomic mass is 15.1. The van der Waals surface area contributed by atoms with E-state index < -0.39 is 0 Å². The summed E-state index contributed by atoms with van der Waals surface area (Å²) in [6, 6.07) is 1.63. The van der Waals surface area contributed by atoms with Crippen LogP contribution >= 0.6 is 0 Å². The second-order valence-electron chi connectivity index (χ2n) is 3.84. The van der Waals surface area contributed by atoms with Gasteiger partial charge in [0.05, 0.1) is 0 Å². The van der Waals surface area contributed by atoms with Gasteiger partial charge in [0.25, 0.3) is 0 Å². The zero-order valence-electron chi connectivity index (χ0n) is 6.79. The number of hydrogen-bond donors (Lipinski definition) is 2. The van der Waals surface area contributed by atoms with Crippen molar-refractivity contribution < 1.29 is 0 Å². The average molecular weight is 152 g/mol. The number of nitrogens with one attached hydrogen (secondary N) is 1. The van der Waals surface area contributed by atoms with Gasteiger partial charge in [0.15, 0.2) is 0 Å². The quantitative estimate of drug-likeness (QED) is 0.541. The molecule has 0 aromatic heterocycles. The number of hydrogen-bond acceptors (Lipinski definition) is 2. The van der Waals surface area contributed by atoms with E-state index >= 15 is 0 Å². The van der Waals surface area contributed by atoms with Gasteiger partial charge in [-0.25, -0.2) is 0 Å². The molecule has 0 aromatic carbocycles. The SMILES string of the molecule is C=CC1CC2C[C@@H](N)C(C1)N2. The highest BCUT2D eigenvalue weighted by Gasteiger charge is 2.37. The smallest absolute Gasteiger partial charge is 0.0227 e. The molecular weight excluding hydrogens is 136 g/mol. The Hall–Kier alpha value is -0.340. The average Bonchev–Trinajstić information content (AvgIpc) is 2.26. The summed E-state index contributed by atoms with van der Waals surface area (Å²) in [4.78, 5) is 0. The maximum Gasteiger partial charge on any atom is 0.0227 e. The van der Waals surface area contributed by atoms with Crippen molar-refractivity contribution in [3.05, 3.63) is 12.7 Å². The Kier molecular flexibility index (Phi) is 1.74. The van der Waals surface area contributed by atoms with Gasteiger partial charge in [0, 0.05) is 18.1 Å². The van der Waals surface area contributed by atoms with Crippen LogP contribution in [0.15, 0.2) is 12.7 Å². The molecule has 2 nitrogen and oxygen atoms in total. The van der Waals surface area contributed by atoms with Crippen molar-refractivity contribution in [2.24, 2.45) is 11.7 Å². The van der Waals surface area contributed by atoms with Crippen LogP contribution in [0.5, 0.6) is 0 Å². The molecule has 2 heteroatoms. The van der Waals surface area contributed by atoms with E-state index in [2.05, 4.69) is 18.0 Å². The second-order valence-corrected chi connectivity index (χ2v) is 3.84. The van der Waals surface area contributed by atoms with E-state index in [1.54, 1.807) is 0 Å². The summed E-state index contributed by atoms with van der Waals surface area (Å²) in [6.07, 6.45) is 5.68. The largest absolute Gasteiger partial charge is 0.326 e. The first-order chi connectivity index (χ1) is 5.29. The molecule has 62 valence electrons. The van der Waals surface area contributed by atoms with Crippen LogP contribution in [0.1, 0.15) is 19.3 Å². The van der Waals surface area contributed by atoms with Gasteiger partial charge in [-0.3, -0.25) is 0 Å². The van der Waals surface area contributed by atoms with Crippen molar-refractivity contribution >= 4 is 0 Å². The van der Waals surface area contributed by atoms with Gasteiger partial charge < -0.3 is 11.1 Å². The minimum Gasteiger partial charge on any atom is -0.326 e. The van der Waals surface area contributed by atoms with Crippen molar-refractivity contribution in [3.8, 4) is 0 Å². The number of allylic oxidation sites excluding steroid dienone is 1. The molecule has 0 amide bonds. The number of piperidine rings is 1. The number of rotatable bonds is 1. The molecule has 2 saturated heterocycles. The molecule has 2 heterocycles. The predicted octanol–water partition coefficient (Wildman–Crippen LogP) is 0.640. The molecule has 2 aliphatic rings. The zero-order chi connectivity index (χ0) is 7.84. The van der Waals surface area contributed by atoms with Crippen LogP contribution in [-0.2, 0) is 0 Å². The van der Waals surface area contributed by atoms with Gasteiger partial charge in [-0.15, -0.1) is 6.58 Å². The molecule has 3 N–H and O–H groups in total. The molecule has 4 atom stereocenters. The summed E-state index contributed by atoms with van der Waals surface area (Å²) in [7, 11) is 0. The Morgan fingerprint density at radius 1 is 1.36 bits per heavy atom. The van der Waals surface area contributed by atoms with Crippen LogP contribution in [0.3, 0.4) is 0 Å². The highest BCUT2D eigenvalue weighted by molar-refractivity contribution is 5.02. The van der Waals surface area contributed by atoms with Gasteiger partial charge >= 0.3 is 0 Å². The van der Waals surface area contributed by atoms with E-state index in [9.17, 15) is 0 Å². The van der Waals surface area contributed by atoms with Crippen LogP contribution < -0.4 is 11.1 Å². The second kappa shape index (κ2) is 2.61. The Morgan fingerprint density at radius 2 is 2.18 bits per heavy atom. The van der Waals surface area contributed by atoms with Gasteiger partial charge in [-0.1, -0.05) is 6.08 Å². The Bertz CT molecular complexity index is 165. The normalized spacial score (nSPS) is 49.2. The van der Waals surface area contributed by atoms with Crippen molar-refractivity contribution in [1.82, 2.24) is 5.32 Å². The lowest BCUT2D eigenvalue weighted by atomic mass is 9.92. The summed E-state index contributed by atoms with van der Waals surface area (Å²) < 4.78 is 0. The lowest BCUT2D eigenvalue weighted by Gasteiger charge is -2.27. The van der Waals surface area contributed by atoms with E-state index in [1.165, 1.54) is 12.8 Å². The summed E-state index contributed by atoms with van der Waals surface area (Å²) in [5.74, 6) is 0.708. The fourth-order valence-corrected chi connectivity index (χ4v) is 2.37. The first kappa shape index (κ1) is 7.32. The van der Waals surface area contributed by atoms with E-state index in [1.807, 2.05) is 0 Å². The highest BCUT2D eigenvalue weighted by Crippen LogP contribution is 2.30. The lowest BCUT2D eigenvalue weighted by Crippen LogP contribution is -2.42. The Morgan fingerprint density at radius 3 is 2.82 bits per heavy atom. The van der Waals surface area contributed by atoms with Crippen LogP contribution in [0, 0.1) is 5.92 Å². The fraction of sp³-hybridized carbons (Fsp3) is 0.778. The molecule has 11 heavy (non-hydrogen) atoms. The van der Waals surface area contributed by atoms with Gasteiger partial charge in [-0.2, -0.15) is 0 Å². The zero-order valence-corrected chi connectivity index (χ0v) is 6.79. The number of fused-ring (bicyclic) bond motifs is 2. The molecule has 0 aromatic rings. The molecule has 3 unspecified atom stereocenters. The Labute approximate surface area is 67.8 Å². The minimum atomic E-state index is 0.393. The van der Waals surface area contributed by atoms with Crippen LogP contribution in [0.4, 0.5) is 0 Å². The Balaban J connectivity index is 2.05. The summed E-state index contributed by atoms with van der Waals surface area (Å²) in [6.45, 7) is 3.84. The third-order valence-corrected chi connectivity index (χ3v) is 3.00. The molecule has 0 aliphatic carbocycles. The third kappa shape index (κ3) is 1.21. The summed E-state index contributed by atoms with van der Waals surface area (Å²) in [5.41, 5.74) is 5.94. The van der Waals surface area contributed by atoms with E-state index in [0.717, 1.165) is 6.42 Å². The molecule has 2 aliphatic heterocycles. The fourth-order valence-electron chi connectivity index (χ4n) is 2.37. The van der Waals surface area contributed by atoms with Gasteiger partial charge in [0.2, 0.25) is 0 Å². The first-order valence-electron chi connectivity index (χ1n) is 4.44. The molecule has 0 spiro atoms. The maximum atomic E-state index is 5.94. The topological polar surface area (TPSA) is 38.0 Å².